The number of likely N-dealkylation sites (N-methyl/N-ethyl adjacent to an activating group) is 3. The Hall–Kier alpha value is -10.6. The molecule has 5 aromatic carbocycles. The van der Waals surface area contributed by atoms with Crippen LogP contribution in [0.4, 0.5) is 52.0 Å². The van der Waals surface area contributed by atoms with Crippen LogP contribution >= 0.6 is 34.0 Å². The van der Waals surface area contributed by atoms with E-state index in [0.717, 1.165) is 189 Å². The summed E-state index contributed by atoms with van der Waals surface area (Å²) in [5.74, 6) is 1.62. The minimum absolute atomic E-state index is 0.0203. The molecule has 11 aromatic rings. The third-order valence-electron chi connectivity index (χ3n) is 21.3. The molecule has 27 heteroatoms. The lowest BCUT2D eigenvalue weighted by molar-refractivity contribution is 0.0906. The monoisotopic (exact) mass is 1590 g/mol. The van der Waals surface area contributed by atoms with E-state index in [9.17, 15) is 24.6 Å². The van der Waals surface area contributed by atoms with Crippen LogP contribution in [0.1, 0.15) is 90.3 Å². The zero-order chi connectivity index (χ0) is 78.5. The first kappa shape index (κ1) is 80.0. The second kappa shape index (κ2) is 39.4. The molecule has 3 amide bonds. The summed E-state index contributed by atoms with van der Waals surface area (Å²) in [5, 5.41) is 38.2. The van der Waals surface area contributed by atoms with Gasteiger partial charge in [-0.15, -0.1) is 34.0 Å². The average molecular weight is 1590 g/mol. The van der Waals surface area contributed by atoms with Crippen LogP contribution in [0, 0.1) is 5.92 Å². The maximum atomic E-state index is 13.4. The van der Waals surface area contributed by atoms with Crippen LogP contribution in [-0.2, 0) is 13.2 Å². The second-order valence-electron chi connectivity index (χ2n) is 29.7. The number of carbonyl (C=O) groups is 3. The summed E-state index contributed by atoms with van der Waals surface area (Å²) in [5.41, 5.74) is 11.6. The number of amides is 3. The van der Waals surface area contributed by atoms with Gasteiger partial charge >= 0.3 is 0 Å². The number of anilines is 9. The minimum Gasteiger partial charge on any atom is -0.396 e. The number of hydrogen-bond donors (Lipinski definition) is 8. The fourth-order valence-corrected chi connectivity index (χ4v) is 17.4. The third-order valence-corrected chi connectivity index (χ3v) is 24.6. The molecule has 24 nitrogen and oxygen atoms in total. The standard InChI is InChI=1S/C32H37N7OS.C28H30N6O2S.C27H34N6O2S/c1-37-18-20-39(21-19-37)26-11-7-10-25(22-26)34-32-33-15-14-27(36-32)29-12-13-30(41-29)31(40)35-28(23-38-16-5-6-17-38)24-8-3-2-4-9-24;1-33-12-14-34(15-13-33)23-7-3-6-22(17-23)31-28-29-11-10-24(32-28)25-8-9-26(37-25)27(36)30-18-20-4-2-5-21(16-20)19-35;1-32-12-14-33(15-13-32)22-7-3-6-21(17-22)30-27-28-11-10-23(31-27)24-8-9-25(36-24)26(35)29-20-5-2-4-19(16-20)18-34/h2-4,7-15,22,28H,5-6,16-21,23H2,1H3,(H,35,40)(H,33,34,36);2-11,16-17,35H,12-15,18-19H2,1H3,(H,30,36)(H,29,31,32);3,6-11,17,19-20,34H,2,4-5,12-16,18H2,1H3,(H,29,35)(H,28,30,31). The molecule has 114 heavy (non-hydrogen) atoms. The highest BCUT2D eigenvalue weighted by Crippen LogP contribution is 2.34. The number of benzene rings is 5. The predicted octanol–water partition coefficient (Wildman–Crippen LogP) is 13.4. The molecule has 0 bridgehead atoms. The van der Waals surface area contributed by atoms with Crippen LogP contribution in [-0.4, -0.2) is 209 Å². The van der Waals surface area contributed by atoms with Crippen LogP contribution in [0.3, 0.4) is 0 Å². The second-order valence-corrected chi connectivity index (χ2v) is 32.9. The number of nitrogens with zero attached hydrogens (tertiary/aromatic N) is 13. The molecule has 10 heterocycles. The first-order valence-electron chi connectivity index (χ1n) is 39.4. The Bertz CT molecular complexity index is 4960. The molecule has 6 aromatic heterocycles. The summed E-state index contributed by atoms with van der Waals surface area (Å²) < 4.78 is 0. The molecule has 3 atom stereocenters. The summed E-state index contributed by atoms with van der Waals surface area (Å²) in [6.45, 7) is 16.0. The highest BCUT2D eigenvalue weighted by Gasteiger charge is 2.27. The summed E-state index contributed by atoms with van der Waals surface area (Å²) in [6.07, 6.45) is 11.6. The molecule has 4 saturated heterocycles. The van der Waals surface area contributed by atoms with Crippen molar-refractivity contribution in [2.45, 2.75) is 63.8 Å². The van der Waals surface area contributed by atoms with Crippen molar-refractivity contribution in [3.8, 4) is 31.7 Å². The van der Waals surface area contributed by atoms with E-state index >= 15 is 0 Å². The molecule has 16 rings (SSSR count). The van der Waals surface area contributed by atoms with Crippen molar-refractivity contribution in [1.29, 1.82) is 0 Å². The van der Waals surface area contributed by atoms with Gasteiger partial charge in [0, 0.05) is 157 Å². The van der Waals surface area contributed by atoms with Crippen LogP contribution in [0.5, 0.6) is 0 Å². The quantitative estimate of drug-likeness (QED) is 0.0279. The molecular formula is C87H101N19O5S3. The van der Waals surface area contributed by atoms with Gasteiger partial charge in [-0.05, 0) is 198 Å². The molecule has 592 valence electrons. The smallest absolute Gasteiger partial charge is 0.261 e. The summed E-state index contributed by atoms with van der Waals surface area (Å²) in [4.78, 5) is 87.7. The van der Waals surface area contributed by atoms with Gasteiger partial charge in [-0.3, -0.25) is 14.4 Å². The molecule has 1 aliphatic carbocycles. The fraction of sp³-hybridized carbons (Fsp3) is 0.345. The van der Waals surface area contributed by atoms with Gasteiger partial charge < -0.3 is 76.4 Å². The van der Waals surface area contributed by atoms with Gasteiger partial charge in [0.25, 0.3) is 17.7 Å². The molecule has 0 spiro atoms. The van der Waals surface area contributed by atoms with Crippen molar-refractivity contribution in [1.82, 2.24) is 65.5 Å². The molecule has 1 saturated carbocycles. The summed E-state index contributed by atoms with van der Waals surface area (Å²) >= 11 is 4.28. The first-order chi connectivity index (χ1) is 55.7. The van der Waals surface area contributed by atoms with E-state index < -0.39 is 0 Å². The molecule has 5 fully saturated rings. The largest absolute Gasteiger partial charge is 0.396 e. The topological polar surface area (TPSA) is 264 Å². The maximum Gasteiger partial charge on any atom is 0.261 e. The van der Waals surface area contributed by atoms with Gasteiger partial charge in [-0.25, -0.2) is 29.9 Å². The number of aliphatic hydroxyl groups excluding tert-OH is 2. The normalized spacial score (nSPS) is 17.2. The maximum absolute atomic E-state index is 13.4. The Morgan fingerprint density at radius 3 is 1.34 bits per heavy atom. The lowest BCUT2D eigenvalue weighted by atomic mass is 9.86. The highest BCUT2D eigenvalue weighted by molar-refractivity contribution is 7.18. The van der Waals surface area contributed by atoms with Gasteiger partial charge in [0.1, 0.15) is 0 Å². The van der Waals surface area contributed by atoms with Gasteiger partial charge in [0.05, 0.1) is 59.0 Å². The number of aliphatic hydroxyl groups is 2. The van der Waals surface area contributed by atoms with Gasteiger partial charge in [0.2, 0.25) is 17.8 Å². The van der Waals surface area contributed by atoms with Crippen LogP contribution in [0.25, 0.3) is 31.7 Å². The number of rotatable bonds is 24. The number of aromatic nitrogens is 6. The van der Waals surface area contributed by atoms with Crippen molar-refractivity contribution in [2.24, 2.45) is 5.92 Å². The average Bonchev–Trinajstić information content (AvgIpc) is 1.45. The molecule has 8 N–H and O–H groups in total. The zero-order valence-electron chi connectivity index (χ0n) is 64.9. The van der Waals surface area contributed by atoms with E-state index in [2.05, 4.69) is 168 Å². The minimum atomic E-state index is -0.140. The lowest BCUT2D eigenvalue weighted by Gasteiger charge is -2.34. The van der Waals surface area contributed by atoms with Crippen molar-refractivity contribution in [3.05, 3.63) is 232 Å². The molecule has 0 radical (unpaired) electrons. The van der Waals surface area contributed by atoms with Crippen molar-refractivity contribution in [3.63, 3.8) is 0 Å². The lowest BCUT2D eigenvalue weighted by Crippen LogP contribution is -2.44. The van der Waals surface area contributed by atoms with Gasteiger partial charge in [-0.1, -0.05) is 79.2 Å². The Balaban J connectivity index is 0.000000142. The van der Waals surface area contributed by atoms with Crippen LogP contribution in [0.2, 0.25) is 0 Å². The van der Waals surface area contributed by atoms with Gasteiger partial charge in [-0.2, -0.15) is 0 Å². The van der Waals surface area contributed by atoms with E-state index in [1.807, 2.05) is 121 Å². The van der Waals surface area contributed by atoms with E-state index in [1.165, 1.54) is 63.9 Å². The van der Waals surface area contributed by atoms with Crippen molar-refractivity contribution in [2.75, 3.05) is 157 Å². The predicted molar refractivity (Wildman–Crippen MR) is 460 cm³/mol. The van der Waals surface area contributed by atoms with E-state index in [4.69, 9.17) is 9.97 Å². The number of carbonyl (C=O) groups excluding carboxylic acids is 3. The number of piperazine rings is 3. The third kappa shape index (κ3) is 22.2. The summed E-state index contributed by atoms with van der Waals surface area (Å²) in [6, 6.07) is 60.0. The number of hydrogen-bond acceptors (Lipinski definition) is 24. The molecule has 5 aliphatic rings. The Morgan fingerprint density at radius 2 is 0.886 bits per heavy atom. The summed E-state index contributed by atoms with van der Waals surface area (Å²) in [7, 11) is 6.48. The van der Waals surface area contributed by atoms with Gasteiger partial charge in [0.15, 0.2) is 0 Å². The molecule has 3 unspecified atom stereocenters. The highest BCUT2D eigenvalue weighted by atomic mass is 32.1. The fourth-order valence-electron chi connectivity index (χ4n) is 14.7. The Labute approximate surface area is 679 Å². The van der Waals surface area contributed by atoms with Crippen LogP contribution in [0.15, 0.2) is 201 Å². The van der Waals surface area contributed by atoms with E-state index in [1.54, 1.807) is 18.6 Å². The van der Waals surface area contributed by atoms with E-state index in [-0.39, 0.29) is 48.9 Å². The van der Waals surface area contributed by atoms with Crippen molar-refractivity contribution < 1.29 is 24.6 Å². The van der Waals surface area contributed by atoms with E-state index in [0.29, 0.717) is 39.0 Å². The first-order valence-corrected chi connectivity index (χ1v) is 41.9. The number of nitrogens with one attached hydrogen (secondary N) is 6. The SMILES string of the molecule is CN1CCN(c2cccc(Nc3nccc(-c4ccc(C(=O)NC(CN5CCCC5)c5ccccc5)s4)n3)c2)CC1.CN1CCN(c2cccc(Nc3nccc(-c4ccc(C(=O)NC5CCCC(CO)C5)s4)n3)c2)CC1.CN1CCN(c2cccc(Nc3nccc(-c4ccc(C(=O)NCc5cccc(CO)c5)s4)n3)c2)CC1. The molecular weight excluding hydrogens is 1490 g/mol. The Kier molecular flexibility index (Phi) is 27.7. The van der Waals surface area contributed by atoms with Crippen LogP contribution < -0.4 is 46.6 Å². The number of likely N-dealkylation sites (tertiary alicyclic amines) is 1. The zero-order valence-corrected chi connectivity index (χ0v) is 67.4. The van der Waals surface area contributed by atoms with Crippen molar-refractivity contribution >= 4 is 104 Å². The number of thiophene rings is 3. The Morgan fingerprint density at radius 1 is 0.447 bits per heavy atom. The molecule has 4 aliphatic heterocycles.